The lowest BCUT2D eigenvalue weighted by atomic mass is 9.93. The van der Waals surface area contributed by atoms with Gasteiger partial charge in [0.05, 0.1) is 19.7 Å². The molecular formula is C23H33N5O2. The maximum Gasteiger partial charge on any atom is 0.236 e. The first-order valence-corrected chi connectivity index (χ1v) is 11.1. The number of piperazine rings is 1. The van der Waals surface area contributed by atoms with Crippen molar-refractivity contribution in [2.24, 2.45) is 0 Å². The fourth-order valence-corrected chi connectivity index (χ4v) is 4.65. The first-order valence-electron chi connectivity index (χ1n) is 11.1. The van der Waals surface area contributed by atoms with Crippen LogP contribution in [0, 0.1) is 0 Å². The van der Waals surface area contributed by atoms with Gasteiger partial charge in [0.2, 0.25) is 5.91 Å². The Morgan fingerprint density at radius 3 is 2.40 bits per heavy atom. The molecule has 0 aliphatic carbocycles. The van der Waals surface area contributed by atoms with Crippen LogP contribution in [0.4, 0.5) is 0 Å². The number of hydrogen-bond acceptors (Lipinski definition) is 5. The van der Waals surface area contributed by atoms with Crippen molar-refractivity contribution < 1.29 is 9.90 Å². The Kier molecular flexibility index (Phi) is 7.15. The van der Waals surface area contributed by atoms with E-state index in [0.717, 1.165) is 58.7 Å². The van der Waals surface area contributed by atoms with Gasteiger partial charge in [-0.1, -0.05) is 30.3 Å². The molecule has 7 nitrogen and oxygen atoms in total. The van der Waals surface area contributed by atoms with Crippen LogP contribution in [-0.4, -0.2) is 87.9 Å². The Balaban J connectivity index is 1.19. The van der Waals surface area contributed by atoms with Crippen LogP contribution in [0.1, 0.15) is 30.0 Å². The van der Waals surface area contributed by atoms with E-state index in [1.807, 2.05) is 21.8 Å². The summed E-state index contributed by atoms with van der Waals surface area (Å²) in [7, 11) is 0. The smallest absolute Gasteiger partial charge is 0.236 e. The van der Waals surface area contributed by atoms with Gasteiger partial charge in [0.15, 0.2) is 0 Å². The van der Waals surface area contributed by atoms with Crippen molar-refractivity contribution >= 4 is 5.91 Å². The third-order valence-corrected chi connectivity index (χ3v) is 6.40. The Morgan fingerprint density at radius 1 is 0.967 bits per heavy atom. The van der Waals surface area contributed by atoms with Crippen molar-refractivity contribution in [1.29, 1.82) is 0 Å². The van der Waals surface area contributed by atoms with Crippen molar-refractivity contribution in [2.45, 2.75) is 31.8 Å². The number of nitrogens with zero attached hydrogens (tertiary/aromatic N) is 5. The second-order valence-electron chi connectivity index (χ2n) is 8.40. The van der Waals surface area contributed by atoms with E-state index in [-0.39, 0.29) is 12.5 Å². The number of aliphatic hydroxyl groups is 1. The third kappa shape index (κ3) is 5.28. The highest BCUT2D eigenvalue weighted by atomic mass is 16.3. The topological polar surface area (TPSA) is 64.8 Å². The lowest BCUT2D eigenvalue weighted by Crippen LogP contribution is -2.51. The summed E-state index contributed by atoms with van der Waals surface area (Å²) in [4.78, 5) is 19.6. The number of likely N-dealkylation sites (tertiary alicyclic amines) is 1. The molecule has 0 unspecified atom stereocenters. The minimum Gasteiger partial charge on any atom is -0.394 e. The van der Waals surface area contributed by atoms with Gasteiger partial charge in [-0.25, -0.2) is 0 Å². The summed E-state index contributed by atoms with van der Waals surface area (Å²) in [6.45, 7) is 7.56. The van der Waals surface area contributed by atoms with E-state index < -0.39 is 0 Å². The molecule has 30 heavy (non-hydrogen) atoms. The molecule has 1 aromatic carbocycles. The first-order chi connectivity index (χ1) is 14.7. The van der Waals surface area contributed by atoms with Crippen molar-refractivity contribution in [3.63, 3.8) is 0 Å². The fraction of sp³-hybridized carbons (Fsp3) is 0.565. The number of amides is 1. The van der Waals surface area contributed by atoms with Crippen LogP contribution >= 0.6 is 0 Å². The summed E-state index contributed by atoms with van der Waals surface area (Å²) in [5.41, 5.74) is 2.55. The number of rotatable bonds is 7. The summed E-state index contributed by atoms with van der Waals surface area (Å²) >= 11 is 0. The molecule has 7 heteroatoms. The van der Waals surface area contributed by atoms with Gasteiger partial charge in [0, 0.05) is 50.5 Å². The minimum atomic E-state index is 0.112. The largest absolute Gasteiger partial charge is 0.394 e. The third-order valence-electron chi connectivity index (χ3n) is 6.40. The zero-order chi connectivity index (χ0) is 20.8. The quantitative estimate of drug-likeness (QED) is 0.746. The number of piperidine rings is 1. The number of aliphatic hydroxyl groups excluding tert-OH is 1. The molecule has 0 radical (unpaired) electrons. The molecule has 2 saturated heterocycles. The number of carbonyl (C=O) groups excluding carboxylic acids is 1. The molecule has 2 fully saturated rings. The Bertz CT molecular complexity index is 793. The molecule has 4 rings (SSSR count). The van der Waals surface area contributed by atoms with Gasteiger partial charge in [-0.3, -0.25) is 19.3 Å². The van der Waals surface area contributed by atoms with Crippen LogP contribution < -0.4 is 0 Å². The summed E-state index contributed by atoms with van der Waals surface area (Å²) in [5.74, 6) is 0.727. The Hall–Kier alpha value is -2.22. The highest BCUT2D eigenvalue weighted by Crippen LogP contribution is 2.27. The molecule has 162 valence electrons. The number of hydrogen-bond donors (Lipinski definition) is 1. The summed E-state index contributed by atoms with van der Waals surface area (Å²) in [6.07, 6.45) is 3.89. The Morgan fingerprint density at radius 2 is 1.70 bits per heavy atom. The maximum absolute atomic E-state index is 12.8. The standard InChI is InChI=1S/C23H33N5O2/c29-17-16-28-22(6-9-24-28)21-7-10-25(11-8-21)19-23(30)27-14-12-26(13-15-27)18-20-4-2-1-3-5-20/h1-6,9,21,29H,7-8,10-19H2. The fourth-order valence-electron chi connectivity index (χ4n) is 4.65. The molecule has 2 aromatic rings. The molecule has 3 heterocycles. The van der Waals surface area contributed by atoms with Gasteiger partial charge in [0.1, 0.15) is 0 Å². The van der Waals surface area contributed by atoms with Crippen LogP contribution in [0.15, 0.2) is 42.6 Å². The summed E-state index contributed by atoms with van der Waals surface area (Å²) in [5, 5.41) is 13.5. The molecule has 0 spiro atoms. The molecule has 1 N–H and O–H groups in total. The normalized spacial score (nSPS) is 19.3. The molecule has 1 amide bonds. The van der Waals surface area contributed by atoms with Crippen molar-refractivity contribution in [3.8, 4) is 0 Å². The van der Waals surface area contributed by atoms with E-state index in [0.29, 0.717) is 19.0 Å². The highest BCUT2D eigenvalue weighted by Gasteiger charge is 2.27. The van der Waals surface area contributed by atoms with Gasteiger partial charge in [0.25, 0.3) is 0 Å². The average molecular weight is 412 g/mol. The van der Waals surface area contributed by atoms with E-state index in [9.17, 15) is 9.90 Å². The summed E-state index contributed by atoms with van der Waals surface area (Å²) in [6, 6.07) is 12.6. The van der Waals surface area contributed by atoms with E-state index in [1.165, 1.54) is 11.3 Å². The average Bonchev–Trinajstić information content (AvgIpc) is 3.24. The van der Waals surface area contributed by atoms with Crippen LogP contribution in [0.2, 0.25) is 0 Å². The van der Waals surface area contributed by atoms with Gasteiger partial charge >= 0.3 is 0 Å². The van der Waals surface area contributed by atoms with E-state index >= 15 is 0 Å². The van der Waals surface area contributed by atoms with E-state index in [1.54, 1.807) is 0 Å². The van der Waals surface area contributed by atoms with Gasteiger partial charge < -0.3 is 10.0 Å². The van der Waals surface area contributed by atoms with Crippen LogP contribution in [0.5, 0.6) is 0 Å². The van der Waals surface area contributed by atoms with Gasteiger partial charge in [-0.05, 0) is 37.6 Å². The zero-order valence-corrected chi connectivity index (χ0v) is 17.7. The molecular weight excluding hydrogens is 378 g/mol. The van der Waals surface area contributed by atoms with Crippen molar-refractivity contribution in [3.05, 3.63) is 53.9 Å². The monoisotopic (exact) mass is 411 g/mol. The Labute approximate surface area is 178 Å². The second kappa shape index (κ2) is 10.2. The SMILES string of the molecule is O=C(CN1CCC(c2ccnn2CCO)CC1)N1CCN(Cc2ccccc2)CC1. The van der Waals surface area contributed by atoms with Crippen molar-refractivity contribution in [2.75, 3.05) is 52.4 Å². The maximum atomic E-state index is 12.8. The van der Waals surface area contributed by atoms with Crippen LogP contribution in [-0.2, 0) is 17.9 Å². The lowest BCUT2D eigenvalue weighted by molar-refractivity contribution is -0.134. The molecule has 2 aliphatic heterocycles. The number of aromatic nitrogens is 2. The zero-order valence-electron chi connectivity index (χ0n) is 17.7. The van der Waals surface area contributed by atoms with E-state index in [4.69, 9.17) is 0 Å². The van der Waals surface area contributed by atoms with Crippen molar-refractivity contribution in [1.82, 2.24) is 24.5 Å². The molecule has 1 aromatic heterocycles. The summed E-state index contributed by atoms with van der Waals surface area (Å²) < 4.78 is 1.92. The lowest BCUT2D eigenvalue weighted by Gasteiger charge is -2.37. The second-order valence-corrected chi connectivity index (χ2v) is 8.40. The molecule has 0 saturated carbocycles. The first kappa shape index (κ1) is 21.0. The molecule has 0 atom stereocenters. The molecule has 2 aliphatic rings. The minimum absolute atomic E-state index is 0.112. The van der Waals surface area contributed by atoms with Gasteiger partial charge in [-0.15, -0.1) is 0 Å². The van der Waals surface area contributed by atoms with Crippen LogP contribution in [0.3, 0.4) is 0 Å². The highest BCUT2D eigenvalue weighted by molar-refractivity contribution is 5.78. The predicted molar refractivity (Wildman–Crippen MR) is 116 cm³/mol. The van der Waals surface area contributed by atoms with E-state index in [2.05, 4.69) is 45.2 Å². The van der Waals surface area contributed by atoms with Gasteiger partial charge in [-0.2, -0.15) is 5.10 Å². The number of benzene rings is 1. The predicted octanol–water partition coefficient (Wildman–Crippen LogP) is 1.40. The van der Waals surface area contributed by atoms with Crippen LogP contribution in [0.25, 0.3) is 0 Å². The number of carbonyl (C=O) groups is 1. The molecule has 0 bridgehead atoms.